The first-order chi connectivity index (χ1) is 10.2. The number of amides is 1. The van der Waals surface area contributed by atoms with Gasteiger partial charge in [-0.05, 0) is 41.6 Å². The fourth-order valence-corrected chi connectivity index (χ4v) is 3.87. The van der Waals surface area contributed by atoms with Crippen molar-refractivity contribution < 1.29 is 4.79 Å². The lowest BCUT2D eigenvalue weighted by molar-refractivity contribution is 0.0951. The monoisotopic (exact) mass is 317 g/mol. The van der Waals surface area contributed by atoms with Crippen LogP contribution < -0.4 is 11.1 Å². The molecular weight excluding hydrogens is 302 g/mol. The van der Waals surface area contributed by atoms with Crippen molar-refractivity contribution in [2.24, 2.45) is 0 Å². The van der Waals surface area contributed by atoms with Crippen LogP contribution in [0, 0.1) is 0 Å². The lowest BCUT2D eigenvalue weighted by atomic mass is 10.2. The fourth-order valence-electron chi connectivity index (χ4n) is 2.18. The van der Waals surface area contributed by atoms with Crippen LogP contribution in [0.15, 0.2) is 29.6 Å². The van der Waals surface area contributed by atoms with E-state index in [1.54, 1.807) is 17.4 Å². The van der Waals surface area contributed by atoms with Crippen molar-refractivity contribution in [1.82, 2.24) is 10.3 Å². The minimum Gasteiger partial charge on any atom is -0.375 e. The molecular formula is C15H15N3OS2. The molecule has 4 nitrogen and oxygen atoms in total. The minimum atomic E-state index is -0.0701. The van der Waals surface area contributed by atoms with Gasteiger partial charge in [-0.25, -0.2) is 4.98 Å². The first kappa shape index (κ1) is 14.0. The number of thiophene rings is 1. The van der Waals surface area contributed by atoms with Crippen molar-refractivity contribution in [3.05, 3.63) is 45.6 Å². The van der Waals surface area contributed by atoms with Gasteiger partial charge >= 0.3 is 0 Å². The topological polar surface area (TPSA) is 68.0 Å². The summed E-state index contributed by atoms with van der Waals surface area (Å²) in [6.07, 6.45) is 0.987. The molecule has 21 heavy (non-hydrogen) atoms. The van der Waals surface area contributed by atoms with Crippen LogP contribution in [0.25, 0.3) is 10.2 Å². The summed E-state index contributed by atoms with van der Waals surface area (Å²) in [4.78, 5) is 17.6. The summed E-state index contributed by atoms with van der Waals surface area (Å²) < 4.78 is 0.936. The molecule has 1 amide bonds. The molecule has 0 spiro atoms. The second-order valence-electron chi connectivity index (χ2n) is 4.64. The van der Waals surface area contributed by atoms with Gasteiger partial charge in [-0.3, -0.25) is 4.79 Å². The molecule has 3 aromatic rings. The van der Waals surface area contributed by atoms with Crippen molar-refractivity contribution in [3.63, 3.8) is 0 Å². The molecule has 0 unspecified atom stereocenters. The number of anilines is 1. The van der Waals surface area contributed by atoms with Crippen molar-refractivity contribution in [2.45, 2.75) is 19.9 Å². The van der Waals surface area contributed by atoms with E-state index in [1.165, 1.54) is 21.8 Å². The Morgan fingerprint density at radius 1 is 1.38 bits per heavy atom. The number of thiazole rings is 1. The molecule has 3 N–H and O–H groups in total. The molecule has 0 saturated carbocycles. The van der Waals surface area contributed by atoms with Gasteiger partial charge in [0.05, 0.1) is 16.8 Å². The lowest BCUT2D eigenvalue weighted by Crippen LogP contribution is -2.22. The van der Waals surface area contributed by atoms with Gasteiger partial charge < -0.3 is 11.1 Å². The molecule has 2 aromatic heterocycles. The number of fused-ring (bicyclic) bond motifs is 1. The van der Waals surface area contributed by atoms with Crippen LogP contribution in [-0.2, 0) is 13.0 Å². The lowest BCUT2D eigenvalue weighted by Gasteiger charge is -2.05. The summed E-state index contributed by atoms with van der Waals surface area (Å²) in [7, 11) is 0. The van der Waals surface area contributed by atoms with Gasteiger partial charge in [0.2, 0.25) is 0 Å². The number of aryl methyl sites for hydroxylation is 1. The number of nitrogen functional groups attached to an aromatic ring is 1. The highest BCUT2D eigenvalue weighted by molar-refractivity contribution is 7.22. The van der Waals surface area contributed by atoms with Crippen LogP contribution in [-0.4, -0.2) is 10.9 Å². The Morgan fingerprint density at radius 2 is 2.24 bits per heavy atom. The van der Waals surface area contributed by atoms with E-state index in [0.717, 1.165) is 16.6 Å². The van der Waals surface area contributed by atoms with Crippen LogP contribution >= 0.6 is 22.7 Å². The number of hydrogen-bond acceptors (Lipinski definition) is 5. The maximum atomic E-state index is 12.2. The van der Waals surface area contributed by atoms with E-state index in [1.807, 2.05) is 12.1 Å². The number of carbonyl (C=O) groups excluding carboxylic acids is 1. The number of aromatic nitrogens is 1. The molecule has 0 bridgehead atoms. The van der Waals surface area contributed by atoms with Gasteiger partial charge in [-0.2, -0.15) is 0 Å². The van der Waals surface area contributed by atoms with Gasteiger partial charge in [0, 0.05) is 10.4 Å². The van der Waals surface area contributed by atoms with E-state index >= 15 is 0 Å². The van der Waals surface area contributed by atoms with E-state index in [9.17, 15) is 4.79 Å². The first-order valence-corrected chi connectivity index (χ1v) is 8.36. The normalized spacial score (nSPS) is 10.9. The summed E-state index contributed by atoms with van der Waals surface area (Å²) in [5.41, 5.74) is 8.45. The van der Waals surface area contributed by atoms with Crippen LogP contribution in [0.2, 0.25) is 0 Å². The summed E-state index contributed by atoms with van der Waals surface area (Å²) in [5, 5.41) is 5.56. The number of nitrogens with zero attached hydrogens (tertiary/aromatic N) is 1. The third-order valence-electron chi connectivity index (χ3n) is 3.30. The van der Waals surface area contributed by atoms with E-state index in [0.29, 0.717) is 17.2 Å². The van der Waals surface area contributed by atoms with Crippen LogP contribution in [0.4, 0.5) is 5.13 Å². The summed E-state index contributed by atoms with van der Waals surface area (Å²) in [5.74, 6) is -0.0701. The van der Waals surface area contributed by atoms with Gasteiger partial charge in [0.1, 0.15) is 0 Å². The third-order valence-corrected chi connectivity index (χ3v) is 5.11. The highest BCUT2D eigenvalue weighted by atomic mass is 32.1. The summed E-state index contributed by atoms with van der Waals surface area (Å²) >= 11 is 3.07. The number of carbonyl (C=O) groups is 1. The van der Waals surface area contributed by atoms with E-state index in [-0.39, 0.29) is 5.91 Å². The maximum absolute atomic E-state index is 12.2. The number of hydrogen-bond donors (Lipinski definition) is 2. The Kier molecular flexibility index (Phi) is 3.90. The Balaban J connectivity index is 1.74. The molecule has 1 aromatic carbocycles. The molecule has 2 heterocycles. The zero-order valence-corrected chi connectivity index (χ0v) is 13.2. The summed E-state index contributed by atoms with van der Waals surface area (Å²) in [6.45, 7) is 2.69. The predicted octanol–water partition coefficient (Wildman–Crippen LogP) is 3.43. The number of benzene rings is 1. The Bertz CT molecular complexity index is 791. The molecule has 0 aliphatic rings. The number of rotatable bonds is 4. The predicted molar refractivity (Wildman–Crippen MR) is 88.9 cm³/mol. The van der Waals surface area contributed by atoms with Gasteiger partial charge in [0.25, 0.3) is 5.91 Å². The quantitative estimate of drug-likeness (QED) is 0.774. The summed E-state index contributed by atoms with van der Waals surface area (Å²) in [6, 6.07) is 7.57. The van der Waals surface area contributed by atoms with Gasteiger partial charge in [-0.15, -0.1) is 11.3 Å². The van der Waals surface area contributed by atoms with Gasteiger partial charge in [-0.1, -0.05) is 18.3 Å². The minimum absolute atomic E-state index is 0.0701. The standard InChI is InChI=1S/C15H15N3OS2/c1-2-9-5-6-20-13(9)8-17-14(19)10-3-4-11-12(7-10)21-15(16)18-11/h3-7H,2,8H2,1H3,(H2,16,18)(H,17,19). The van der Waals surface area contributed by atoms with Crippen LogP contribution in [0.5, 0.6) is 0 Å². The average molecular weight is 317 g/mol. The molecule has 6 heteroatoms. The zero-order valence-electron chi connectivity index (χ0n) is 11.6. The molecule has 3 rings (SSSR count). The zero-order chi connectivity index (χ0) is 14.8. The molecule has 0 saturated heterocycles. The van der Waals surface area contributed by atoms with Crippen molar-refractivity contribution in [1.29, 1.82) is 0 Å². The number of nitrogens with two attached hydrogens (primary N) is 1. The maximum Gasteiger partial charge on any atom is 0.251 e. The van der Waals surface area contributed by atoms with Crippen LogP contribution in [0.3, 0.4) is 0 Å². The Labute approximate surface area is 130 Å². The average Bonchev–Trinajstić information content (AvgIpc) is 3.08. The third kappa shape index (κ3) is 2.91. The smallest absolute Gasteiger partial charge is 0.251 e. The molecule has 0 atom stereocenters. The molecule has 0 fully saturated rings. The molecule has 0 aliphatic heterocycles. The van der Waals surface area contributed by atoms with E-state index < -0.39 is 0 Å². The van der Waals surface area contributed by atoms with Crippen molar-refractivity contribution in [2.75, 3.05) is 5.73 Å². The second-order valence-corrected chi connectivity index (χ2v) is 6.70. The molecule has 0 radical (unpaired) electrons. The van der Waals surface area contributed by atoms with Gasteiger partial charge in [0.15, 0.2) is 5.13 Å². The van der Waals surface area contributed by atoms with Crippen molar-refractivity contribution >= 4 is 43.9 Å². The fraction of sp³-hybridized carbons (Fsp3) is 0.200. The Morgan fingerprint density at radius 3 is 3.05 bits per heavy atom. The Hall–Kier alpha value is -1.92. The molecule has 108 valence electrons. The SMILES string of the molecule is CCc1ccsc1CNC(=O)c1ccc2nc(N)sc2c1. The first-order valence-electron chi connectivity index (χ1n) is 6.67. The highest BCUT2D eigenvalue weighted by Crippen LogP contribution is 2.24. The van der Waals surface area contributed by atoms with E-state index in [4.69, 9.17) is 5.73 Å². The second kappa shape index (κ2) is 5.83. The largest absolute Gasteiger partial charge is 0.375 e. The van der Waals surface area contributed by atoms with Crippen LogP contribution in [0.1, 0.15) is 27.7 Å². The highest BCUT2D eigenvalue weighted by Gasteiger charge is 2.10. The van der Waals surface area contributed by atoms with E-state index in [2.05, 4.69) is 28.7 Å². The van der Waals surface area contributed by atoms with Crippen molar-refractivity contribution in [3.8, 4) is 0 Å². The number of nitrogens with one attached hydrogen (secondary N) is 1. The molecule has 0 aliphatic carbocycles.